The summed E-state index contributed by atoms with van der Waals surface area (Å²) in [4.78, 5) is 11.9. The number of nitrogens with one attached hydrogen (secondary N) is 1. The molecule has 1 aromatic carbocycles. The van der Waals surface area contributed by atoms with Crippen LogP contribution in [0.1, 0.15) is 10.4 Å². The van der Waals surface area contributed by atoms with Crippen LogP contribution in [0.5, 0.6) is 0 Å². The summed E-state index contributed by atoms with van der Waals surface area (Å²) < 4.78 is 12.9. The Labute approximate surface area is 119 Å². The molecule has 0 aromatic heterocycles. The molecule has 1 unspecified atom stereocenters. The molecule has 6 heteroatoms. The predicted octanol–water partition coefficient (Wildman–Crippen LogP) is 3.06. The van der Waals surface area contributed by atoms with Crippen LogP contribution in [-0.2, 0) is 0 Å². The van der Waals surface area contributed by atoms with Gasteiger partial charge in [-0.3, -0.25) is 4.79 Å². The van der Waals surface area contributed by atoms with Crippen molar-refractivity contribution in [2.24, 2.45) is 0 Å². The van der Waals surface area contributed by atoms with Gasteiger partial charge in [0.05, 0.1) is 10.6 Å². The van der Waals surface area contributed by atoms with Gasteiger partial charge in [-0.05, 0) is 18.2 Å². The average molecular weight is 306 g/mol. The van der Waals surface area contributed by atoms with Gasteiger partial charge in [0.1, 0.15) is 5.82 Å². The van der Waals surface area contributed by atoms with Gasteiger partial charge in [-0.2, -0.15) is 23.5 Å². The number of carbonyl (C=O) groups excluding carboxylic acids is 1. The number of hydrogen-bond donors (Lipinski definition) is 1. The number of hydrogen-bond acceptors (Lipinski definition) is 3. The van der Waals surface area contributed by atoms with Gasteiger partial charge in [0.2, 0.25) is 0 Å². The second-order valence-corrected chi connectivity index (χ2v) is 6.87. The van der Waals surface area contributed by atoms with Crippen LogP contribution in [0.25, 0.3) is 0 Å². The summed E-state index contributed by atoms with van der Waals surface area (Å²) in [6.45, 7) is 0.629. The Morgan fingerprint density at radius 2 is 2.33 bits per heavy atom. The highest BCUT2D eigenvalue weighted by Crippen LogP contribution is 2.23. The molecular weight excluding hydrogens is 293 g/mol. The van der Waals surface area contributed by atoms with Gasteiger partial charge in [0.25, 0.3) is 5.91 Å². The molecule has 0 spiro atoms. The molecule has 1 aliphatic rings. The van der Waals surface area contributed by atoms with Crippen molar-refractivity contribution in [3.8, 4) is 0 Å². The topological polar surface area (TPSA) is 29.1 Å². The maximum Gasteiger partial charge on any atom is 0.252 e. The molecule has 0 saturated carbocycles. The summed E-state index contributed by atoms with van der Waals surface area (Å²) in [6.07, 6.45) is 0. The van der Waals surface area contributed by atoms with Crippen LogP contribution >= 0.6 is 35.1 Å². The number of benzene rings is 1. The third kappa shape index (κ3) is 3.80. The fraction of sp³-hybridized carbons (Fsp3) is 0.417. The van der Waals surface area contributed by atoms with Crippen LogP contribution in [0, 0.1) is 5.82 Å². The molecule has 1 aromatic rings. The molecule has 0 radical (unpaired) electrons. The fourth-order valence-corrected chi connectivity index (χ4v) is 4.49. The van der Waals surface area contributed by atoms with Gasteiger partial charge < -0.3 is 5.32 Å². The Balaban J connectivity index is 1.90. The molecule has 1 saturated heterocycles. The molecule has 1 N–H and O–H groups in total. The lowest BCUT2D eigenvalue weighted by Gasteiger charge is -2.21. The lowest BCUT2D eigenvalue weighted by Crippen LogP contribution is -2.33. The van der Waals surface area contributed by atoms with Crippen molar-refractivity contribution in [3.63, 3.8) is 0 Å². The molecule has 2 nitrogen and oxygen atoms in total. The minimum absolute atomic E-state index is 0.151. The van der Waals surface area contributed by atoms with Gasteiger partial charge in [0, 0.05) is 29.1 Å². The van der Waals surface area contributed by atoms with Crippen molar-refractivity contribution in [1.29, 1.82) is 0 Å². The SMILES string of the molecule is O=C(NCC1CSCCS1)c1ccc(F)cc1Cl. The molecule has 0 bridgehead atoms. The Morgan fingerprint density at radius 1 is 1.50 bits per heavy atom. The normalized spacial score (nSPS) is 19.6. The summed E-state index contributed by atoms with van der Waals surface area (Å²) in [5.74, 6) is 2.69. The van der Waals surface area contributed by atoms with E-state index in [0.29, 0.717) is 17.4 Å². The van der Waals surface area contributed by atoms with E-state index in [9.17, 15) is 9.18 Å². The average Bonchev–Trinajstić information content (AvgIpc) is 2.37. The van der Waals surface area contributed by atoms with E-state index in [1.54, 1.807) is 0 Å². The highest BCUT2D eigenvalue weighted by molar-refractivity contribution is 8.06. The molecule has 1 atom stereocenters. The van der Waals surface area contributed by atoms with Crippen LogP contribution in [0.15, 0.2) is 18.2 Å². The minimum Gasteiger partial charge on any atom is -0.351 e. The third-order valence-electron chi connectivity index (χ3n) is 2.55. The lowest BCUT2D eigenvalue weighted by atomic mass is 10.2. The standard InChI is InChI=1S/C12H13ClFNOS2/c13-11-5-8(14)1-2-10(11)12(16)15-6-9-7-17-3-4-18-9/h1-2,5,9H,3-4,6-7H2,(H,15,16). The second-order valence-electron chi connectivity index (χ2n) is 3.90. The van der Waals surface area contributed by atoms with E-state index in [4.69, 9.17) is 11.6 Å². The van der Waals surface area contributed by atoms with E-state index in [1.807, 2.05) is 23.5 Å². The maximum absolute atomic E-state index is 12.9. The zero-order valence-electron chi connectivity index (χ0n) is 9.62. The first-order valence-electron chi connectivity index (χ1n) is 5.59. The van der Waals surface area contributed by atoms with Crippen LogP contribution in [0.4, 0.5) is 4.39 Å². The number of carbonyl (C=O) groups is 1. The molecule has 98 valence electrons. The molecule has 18 heavy (non-hydrogen) atoms. The molecular formula is C12H13ClFNOS2. The molecule has 1 aliphatic heterocycles. The second kappa shape index (κ2) is 6.68. The maximum atomic E-state index is 12.9. The Bertz CT molecular complexity index is 438. The molecule has 1 heterocycles. The Kier molecular flexibility index (Phi) is 5.21. The van der Waals surface area contributed by atoms with Gasteiger partial charge in [0.15, 0.2) is 0 Å². The van der Waals surface area contributed by atoms with E-state index >= 15 is 0 Å². The van der Waals surface area contributed by atoms with Crippen LogP contribution in [0.2, 0.25) is 5.02 Å². The van der Waals surface area contributed by atoms with Crippen LogP contribution in [0.3, 0.4) is 0 Å². The number of amides is 1. The van der Waals surface area contributed by atoms with Gasteiger partial charge >= 0.3 is 0 Å². The molecule has 0 aliphatic carbocycles. The van der Waals surface area contributed by atoms with Crippen molar-refractivity contribution in [2.75, 3.05) is 23.8 Å². The summed E-state index contributed by atoms with van der Waals surface area (Å²) in [6, 6.07) is 3.81. The van der Waals surface area contributed by atoms with Crippen molar-refractivity contribution in [1.82, 2.24) is 5.32 Å². The van der Waals surface area contributed by atoms with Crippen molar-refractivity contribution in [3.05, 3.63) is 34.6 Å². The predicted molar refractivity (Wildman–Crippen MR) is 77.3 cm³/mol. The molecule has 2 rings (SSSR count). The van der Waals surface area contributed by atoms with E-state index in [-0.39, 0.29) is 10.9 Å². The van der Waals surface area contributed by atoms with Gasteiger partial charge in [-0.1, -0.05) is 11.6 Å². The number of rotatable bonds is 3. The first-order chi connectivity index (χ1) is 8.66. The quantitative estimate of drug-likeness (QED) is 0.930. The van der Waals surface area contributed by atoms with Crippen molar-refractivity contribution < 1.29 is 9.18 Å². The number of halogens is 2. The summed E-state index contributed by atoms with van der Waals surface area (Å²) in [5, 5.41) is 3.45. The van der Waals surface area contributed by atoms with Crippen LogP contribution in [-0.4, -0.2) is 35.0 Å². The molecule has 1 amide bonds. The first kappa shape index (κ1) is 14.0. The lowest BCUT2D eigenvalue weighted by molar-refractivity contribution is 0.0954. The van der Waals surface area contributed by atoms with E-state index in [0.717, 1.165) is 17.6 Å². The van der Waals surface area contributed by atoms with Crippen molar-refractivity contribution >= 4 is 41.0 Å². The monoisotopic (exact) mass is 305 g/mol. The highest BCUT2D eigenvalue weighted by Gasteiger charge is 2.16. The first-order valence-corrected chi connectivity index (χ1v) is 8.17. The summed E-state index contributed by atoms with van der Waals surface area (Å²) in [5.41, 5.74) is 0.325. The Hall–Kier alpha value is -0.390. The van der Waals surface area contributed by atoms with Gasteiger partial charge in [-0.25, -0.2) is 4.39 Å². The summed E-state index contributed by atoms with van der Waals surface area (Å²) >= 11 is 9.62. The fourth-order valence-electron chi connectivity index (χ4n) is 1.63. The zero-order chi connectivity index (χ0) is 13.0. The van der Waals surface area contributed by atoms with Crippen LogP contribution < -0.4 is 5.32 Å². The zero-order valence-corrected chi connectivity index (χ0v) is 12.0. The minimum atomic E-state index is -0.434. The number of thioether (sulfide) groups is 2. The highest BCUT2D eigenvalue weighted by atomic mass is 35.5. The van der Waals surface area contributed by atoms with Crippen molar-refractivity contribution in [2.45, 2.75) is 5.25 Å². The summed E-state index contributed by atoms with van der Waals surface area (Å²) in [7, 11) is 0. The van der Waals surface area contributed by atoms with E-state index in [1.165, 1.54) is 17.9 Å². The molecule has 1 fully saturated rings. The smallest absolute Gasteiger partial charge is 0.252 e. The largest absolute Gasteiger partial charge is 0.351 e. The van der Waals surface area contributed by atoms with Gasteiger partial charge in [-0.15, -0.1) is 0 Å². The van der Waals surface area contributed by atoms with E-state index < -0.39 is 5.82 Å². The Morgan fingerprint density at radius 3 is 3.00 bits per heavy atom. The third-order valence-corrected chi connectivity index (χ3v) is 5.71. The van der Waals surface area contributed by atoms with E-state index in [2.05, 4.69) is 5.32 Å².